The van der Waals surface area contributed by atoms with Gasteiger partial charge in [-0.1, -0.05) is 38.7 Å². The van der Waals surface area contributed by atoms with Gasteiger partial charge in [-0.05, 0) is 48.9 Å². The highest BCUT2D eigenvalue weighted by Crippen LogP contribution is 2.26. The van der Waals surface area contributed by atoms with Gasteiger partial charge in [0.1, 0.15) is 0 Å². The van der Waals surface area contributed by atoms with Crippen LogP contribution in [0.1, 0.15) is 63.5 Å². The van der Waals surface area contributed by atoms with Gasteiger partial charge in [-0.25, -0.2) is 10.4 Å². The van der Waals surface area contributed by atoms with Crippen molar-refractivity contribution in [2.75, 3.05) is 11.6 Å². The first kappa shape index (κ1) is 16.0. The maximum absolute atomic E-state index is 11.9. The minimum atomic E-state index is 0.0569. The van der Waals surface area contributed by atoms with Crippen molar-refractivity contribution in [2.45, 2.75) is 65.2 Å². The lowest BCUT2D eigenvalue weighted by atomic mass is 10.1. The van der Waals surface area contributed by atoms with E-state index in [9.17, 15) is 4.79 Å². The molecule has 0 aliphatic heterocycles. The number of nitrogens with one attached hydrogen (secondary N) is 1. The van der Waals surface area contributed by atoms with Gasteiger partial charge < -0.3 is 0 Å². The summed E-state index contributed by atoms with van der Waals surface area (Å²) in [6, 6.07) is 6.42. The number of amides is 1. The van der Waals surface area contributed by atoms with E-state index in [1.807, 2.05) is 0 Å². The zero-order valence-electron chi connectivity index (χ0n) is 13.5. The third-order valence-electron chi connectivity index (χ3n) is 4.21. The van der Waals surface area contributed by atoms with Crippen molar-refractivity contribution >= 4 is 11.6 Å². The molecule has 3 nitrogen and oxygen atoms in total. The van der Waals surface area contributed by atoms with E-state index in [0.717, 1.165) is 25.1 Å². The number of nitrogens with zero attached hydrogens (tertiary/aromatic N) is 1. The van der Waals surface area contributed by atoms with Gasteiger partial charge in [0.15, 0.2) is 0 Å². The van der Waals surface area contributed by atoms with Crippen molar-refractivity contribution in [3.05, 3.63) is 29.3 Å². The monoisotopic (exact) mass is 288 g/mol. The van der Waals surface area contributed by atoms with Crippen molar-refractivity contribution in [1.82, 2.24) is 5.43 Å². The second-order valence-corrected chi connectivity index (χ2v) is 5.98. The maximum Gasteiger partial charge on any atom is 0.238 e. The summed E-state index contributed by atoms with van der Waals surface area (Å²) in [5.74, 6) is 0.0569. The number of rotatable bonds is 8. The third kappa shape index (κ3) is 4.57. The Morgan fingerprint density at radius 2 is 1.90 bits per heavy atom. The molecular formula is C18H28N2O. The van der Waals surface area contributed by atoms with Crippen molar-refractivity contribution in [2.24, 2.45) is 0 Å². The average molecular weight is 288 g/mol. The first-order valence-corrected chi connectivity index (χ1v) is 8.38. The number of carbonyl (C=O) groups excluding carboxylic acids is 1. The highest BCUT2D eigenvalue weighted by atomic mass is 16.2. The number of unbranched alkanes of at least 4 members (excludes halogenated alkanes) is 4. The van der Waals surface area contributed by atoms with E-state index in [1.165, 1.54) is 49.7 Å². The molecule has 1 aromatic rings. The van der Waals surface area contributed by atoms with Gasteiger partial charge in [0.25, 0.3) is 0 Å². The molecule has 1 amide bonds. The zero-order chi connectivity index (χ0) is 15.1. The molecule has 3 heteroatoms. The summed E-state index contributed by atoms with van der Waals surface area (Å²) in [6.45, 7) is 4.71. The van der Waals surface area contributed by atoms with E-state index in [4.69, 9.17) is 0 Å². The molecule has 1 N–H and O–H groups in total. The van der Waals surface area contributed by atoms with Crippen LogP contribution in [0.15, 0.2) is 18.2 Å². The van der Waals surface area contributed by atoms with Gasteiger partial charge in [-0.3, -0.25) is 4.79 Å². The standard InChI is InChI=1S/C18H28N2O/c1-3-4-5-6-7-13-19-20(15(2)21)18-12-11-16-9-8-10-17(16)14-18/h11-12,14,19H,3-10,13H2,1-2H3. The van der Waals surface area contributed by atoms with Crippen LogP contribution in [0.5, 0.6) is 0 Å². The summed E-state index contributed by atoms with van der Waals surface area (Å²) in [5, 5.41) is 1.71. The average Bonchev–Trinajstić information content (AvgIpc) is 2.93. The highest BCUT2D eigenvalue weighted by Gasteiger charge is 2.15. The van der Waals surface area contributed by atoms with Crippen LogP contribution in [-0.4, -0.2) is 12.5 Å². The molecule has 1 aliphatic carbocycles. The smallest absolute Gasteiger partial charge is 0.238 e. The molecule has 0 radical (unpaired) electrons. The molecule has 0 heterocycles. The van der Waals surface area contributed by atoms with Crippen LogP contribution in [-0.2, 0) is 17.6 Å². The first-order chi connectivity index (χ1) is 10.2. The Bertz CT molecular complexity index is 470. The maximum atomic E-state index is 11.9. The Morgan fingerprint density at radius 3 is 2.67 bits per heavy atom. The SMILES string of the molecule is CCCCCCCNN(C(C)=O)c1ccc2c(c1)CCC2. The third-order valence-corrected chi connectivity index (χ3v) is 4.21. The molecule has 0 bridgehead atoms. The molecular weight excluding hydrogens is 260 g/mol. The number of hydrogen-bond donors (Lipinski definition) is 1. The number of benzene rings is 1. The highest BCUT2D eigenvalue weighted by molar-refractivity contribution is 5.90. The lowest BCUT2D eigenvalue weighted by Gasteiger charge is -2.23. The van der Waals surface area contributed by atoms with Gasteiger partial charge in [-0.15, -0.1) is 0 Å². The first-order valence-electron chi connectivity index (χ1n) is 8.38. The normalized spacial score (nSPS) is 13.2. The molecule has 0 saturated heterocycles. The molecule has 0 atom stereocenters. The van der Waals surface area contributed by atoms with Crippen LogP contribution in [0.3, 0.4) is 0 Å². The molecule has 1 aromatic carbocycles. The van der Waals surface area contributed by atoms with E-state index in [-0.39, 0.29) is 5.91 Å². The van der Waals surface area contributed by atoms with Crippen molar-refractivity contribution in [3.8, 4) is 0 Å². The van der Waals surface area contributed by atoms with E-state index < -0.39 is 0 Å². The minimum Gasteiger partial charge on any atom is -0.273 e. The number of anilines is 1. The molecule has 0 spiro atoms. The number of hydrazine groups is 1. The second kappa shape index (κ2) is 8.18. The number of fused-ring (bicyclic) bond motifs is 1. The molecule has 0 aromatic heterocycles. The van der Waals surface area contributed by atoms with Gasteiger partial charge in [0.2, 0.25) is 5.91 Å². The summed E-state index contributed by atoms with van der Waals surface area (Å²) in [6.07, 6.45) is 9.78. The van der Waals surface area contributed by atoms with Gasteiger partial charge in [-0.2, -0.15) is 0 Å². The molecule has 1 aliphatic rings. The van der Waals surface area contributed by atoms with Crippen LogP contribution in [0, 0.1) is 0 Å². The van der Waals surface area contributed by atoms with E-state index in [1.54, 1.807) is 11.9 Å². The Hall–Kier alpha value is -1.35. The Morgan fingerprint density at radius 1 is 1.14 bits per heavy atom. The van der Waals surface area contributed by atoms with Gasteiger partial charge >= 0.3 is 0 Å². The van der Waals surface area contributed by atoms with Gasteiger partial charge in [0, 0.05) is 13.5 Å². The number of aryl methyl sites for hydroxylation is 2. The fourth-order valence-corrected chi connectivity index (χ4v) is 3.00. The number of hydrogen-bond acceptors (Lipinski definition) is 2. The quantitative estimate of drug-likeness (QED) is 0.579. The Kier molecular flexibility index (Phi) is 6.24. The zero-order valence-corrected chi connectivity index (χ0v) is 13.5. The van der Waals surface area contributed by atoms with Crippen LogP contribution in [0.25, 0.3) is 0 Å². The fraction of sp³-hybridized carbons (Fsp3) is 0.611. The predicted molar refractivity (Wildman–Crippen MR) is 88.4 cm³/mol. The Labute approximate surface area is 128 Å². The van der Waals surface area contributed by atoms with Crippen LogP contribution in [0.4, 0.5) is 5.69 Å². The molecule has 116 valence electrons. The van der Waals surface area contributed by atoms with Crippen LogP contribution < -0.4 is 10.4 Å². The number of carbonyl (C=O) groups is 1. The molecule has 21 heavy (non-hydrogen) atoms. The summed E-state index contributed by atoms with van der Waals surface area (Å²) >= 11 is 0. The summed E-state index contributed by atoms with van der Waals surface area (Å²) in [7, 11) is 0. The molecule has 0 unspecified atom stereocenters. The summed E-state index contributed by atoms with van der Waals surface area (Å²) in [4.78, 5) is 11.9. The molecule has 0 fully saturated rings. The topological polar surface area (TPSA) is 32.3 Å². The fourth-order valence-electron chi connectivity index (χ4n) is 3.00. The van der Waals surface area contributed by atoms with Crippen molar-refractivity contribution in [1.29, 1.82) is 0 Å². The van der Waals surface area contributed by atoms with Crippen LogP contribution in [0.2, 0.25) is 0 Å². The summed E-state index contributed by atoms with van der Waals surface area (Å²) in [5.41, 5.74) is 7.12. The predicted octanol–water partition coefficient (Wildman–Crippen LogP) is 4.00. The van der Waals surface area contributed by atoms with Crippen molar-refractivity contribution in [3.63, 3.8) is 0 Å². The minimum absolute atomic E-state index is 0.0569. The summed E-state index contributed by atoms with van der Waals surface area (Å²) < 4.78 is 0. The van der Waals surface area contributed by atoms with E-state index >= 15 is 0 Å². The van der Waals surface area contributed by atoms with Crippen molar-refractivity contribution < 1.29 is 4.79 Å². The molecule has 2 rings (SSSR count). The second-order valence-electron chi connectivity index (χ2n) is 5.98. The lowest BCUT2D eigenvalue weighted by molar-refractivity contribution is -0.117. The Balaban J connectivity index is 1.88. The van der Waals surface area contributed by atoms with E-state index in [2.05, 4.69) is 30.5 Å². The lowest BCUT2D eigenvalue weighted by Crippen LogP contribution is -2.42. The van der Waals surface area contributed by atoms with E-state index in [0.29, 0.717) is 0 Å². The molecule has 0 saturated carbocycles. The van der Waals surface area contributed by atoms with Gasteiger partial charge in [0.05, 0.1) is 5.69 Å². The largest absolute Gasteiger partial charge is 0.273 e. The van der Waals surface area contributed by atoms with Crippen LogP contribution >= 0.6 is 0 Å².